The van der Waals surface area contributed by atoms with Crippen LogP contribution in [-0.2, 0) is 4.79 Å². The van der Waals surface area contributed by atoms with Crippen LogP contribution in [0.1, 0.15) is 0 Å². The van der Waals surface area contributed by atoms with E-state index in [1.807, 2.05) is 0 Å². The van der Waals surface area contributed by atoms with Crippen molar-refractivity contribution in [1.82, 2.24) is 0 Å². The molecule has 0 saturated carbocycles. The molecule has 0 saturated heterocycles. The summed E-state index contributed by atoms with van der Waals surface area (Å²) in [6.07, 6.45) is 0. The van der Waals surface area contributed by atoms with Crippen LogP contribution in [0.5, 0.6) is 0 Å². The summed E-state index contributed by atoms with van der Waals surface area (Å²) in [5, 5.41) is 7.22. The molecule has 4 heteroatoms. The van der Waals surface area contributed by atoms with Crippen molar-refractivity contribution in [2.24, 2.45) is 0 Å². The second-order valence-electron chi connectivity index (χ2n) is 0.552. The summed E-state index contributed by atoms with van der Waals surface area (Å²) in [4.78, 5) is 9.43. The zero-order valence-electron chi connectivity index (χ0n) is 2.51. The molecule has 1 N–H and O–H groups in total. The third-order valence-corrected chi connectivity index (χ3v) is 0.277. The Morgan fingerprint density at radius 1 is 1.83 bits per heavy atom. The fourth-order valence-corrected chi connectivity index (χ4v) is 0. The zero-order valence-corrected chi connectivity index (χ0v) is 3.40. The van der Waals surface area contributed by atoms with Gasteiger partial charge >= 0.3 is 29.6 Å². The third kappa shape index (κ3) is 8.88. The van der Waals surface area contributed by atoms with E-state index >= 15 is 0 Å². The number of aliphatic hydroxyl groups excluding tert-OH is 1. The molecular weight excluding hydrogens is 111 g/mol. The van der Waals surface area contributed by atoms with Gasteiger partial charge in [-0.2, -0.15) is 0 Å². The van der Waals surface area contributed by atoms with Gasteiger partial charge in [-0.3, -0.25) is 4.79 Å². The molecule has 0 spiro atoms. The van der Waals surface area contributed by atoms with Gasteiger partial charge in [-0.05, 0) is 0 Å². The van der Waals surface area contributed by atoms with Gasteiger partial charge in [-0.1, -0.05) is 0 Å². The standard InChI is InChI=1S/C2H4O2S.Na.H/c3-1-2(4)5;;/h3H,1H2,(H,4,5);;. The van der Waals surface area contributed by atoms with Crippen LogP contribution < -0.4 is 0 Å². The quantitative estimate of drug-likeness (QED) is 0.333. The minimum atomic E-state index is -0.495. The Labute approximate surface area is 63.6 Å². The van der Waals surface area contributed by atoms with Crippen LogP contribution in [0, 0.1) is 0 Å². The molecule has 0 aliphatic heterocycles. The van der Waals surface area contributed by atoms with E-state index in [9.17, 15) is 4.79 Å². The second-order valence-corrected chi connectivity index (χ2v) is 1.05. The molecule has 0 amide bonds. The van der Waals surface area contributed by atoms with Crippen LogP contribution in [0.25, 0.3) is 0 Å². The third-order valence-electron chi connectivity index (χ3n) is 0.135. The molecule has 0 heterocycles. The number of carbonyl (C=O) groups excluding carboxylic acids is 1. The molecule has 6 heavy (non-hydrogen) atoms. The van der Waals surface area contributed by atoms with Gasteiger partial charge in [-0.25, -0.2) is 0 Å². The maximum atomic E-state index is 9.43. The van der Waals surface area contributed by atoms with Gasteiger partial charge < -0.3 is 5.11 Å². The van der Waals surface area contributed by atoms with Crippen molar-refractivity contribution in [1.29, 1.82) is 0 Å². The molecular formula is C2H5NaO2S. The topological polar surface area (TPSA) is 37.3 Å². The Kier molecular flexibility index (Phi) is 10.0. The summed E-state index contributed by atoms with van der Waals surface area (Å²) in [5.74, 6) is 0. The molecule has 0 bridgehead atoms. The summed E-state index contributed by atoms with van der Waals surface area (Å²) < 4.78 is 0. The van der Waals surface area contributed by atoms with Crippen molar-refractivity contribution in [3.63, 3.8) is 0 Å². The van der Waals surface area contributed by atoms with Crippen molar-refractivity contribution in [3.05, 3.63) is 0 Å². The maximum absolute atomic E-state index is 9.43. The first-order valence-electron chi connectivity index (χ1n) is 1.10. The molecule has 0 atom stereocenters. The summed E-state index contributed by atoms with van der Waals surface area (Å²) in [6, 6.07) is 0. The van der Waals surface area contributed by atoms with Gasteiger partial charge in [0.05, 0.1) is 0 Å². The van der Waals surface area contributed by atoms with Crippen molar-refractivity contribution in [3.8, 4) is 0 Å². The number of hydrogen-bond donors (Lipinski definition) is 2. The van der Waals surface area contributed by atoms with E-state index in [0.29, 0.717) is 0 Å². The van der Waals surface area contributed by atoms with Gasteiger partial charge in [-0.15, -0.1) is 12.6 Å². The van der Waals surface area contributed by atoms with Crippen LogP contribution in [0.3, 0.4) is 0 Å². The van der Waals surface area contributed by atoms with Crippen LogP contribution in [0.2, 0.25) is 0 Å². The SMILES string of the molecule is O=C(S)CO.[NaH]. The summed E-state index contributed by atoms with van der Waals surface area (Å²) in [7, 11) is 0. The Bertz CT molecular complexity index is 46.8. The Morgan fingerprint density at radius 2 is 2.00 bits per heavy atom. The van der Waals surface area contributed by atoms with Crippen molar-refractivity contribution in [2.75, 3.05) is 6.61 Å². The van der Waals surface area contributed by atoms with E-state index < -0.39 is 11.7 Å². The minimum absolute atomic E-state index is 0. The molecule has 0 aliphatic rings. The molecule has 0 fully saturated rings. The van der Waals surface area contributed by atoms with Gasteiger partial charge in [0.15, 0.2) is 0 Å². The Balaban J connectivity index is 0. The fourth-order valence-electron chi connectivity index (χ4n) is 0. The van der Waals surface area contributed by atoms with Crippen molar-refractivity contribution >= 4 is 47.3 Å². The van der Waals surface area contributed by atoms with Crippen LogP contribution in [0.15, 0.2) is 0 Å². The van der Waals surface area contributed by atoms with Gasteiger partial charge in [0.25, 0.3) is 0 Å². The molecule has 0 radical (unpaired) electrons. The number of thiol groups is 1. The summed E-state index contributed by atoms with van der Waals surface area (Å²) in [6.45, 7) is -0.469. The van der Waals surface area contributed by atoms with E-state index in [2.05, 4.69) is 12.6 Å². The number of aliphatic hydroxyl groups is 1. The molecule has 0 unspecified atom stereocenters. The zero-order chi connectivity index (χ0) is 4.28. The summed E-state index contributed by atoms with van der Waals surface area (Å²) >= 11 is 3.21. The number of rotatable bonds is 1. The molecule has 2 nitrogen and oxygen atoms in total. The number of hydrogen-bond acceptors (Lipinski definition) is 2. The van der Waals surface area contributed by atoms with Crippen LogP contribution >= 0.6 is 12.6 Å². The monoisotopic (exact) mass is 116 g/mol. The van der Waals surface area contributed by atoms with Crippen LogP contribution in [0.4, 0.5) is 0 Å². The van der Waals surface area contributed by atoms with Crippen LogP contribution in [-0.4, -0.2) is 46.4 Å². The van der Waals surface area contributed by atoms with E-state index in [1.165, 1.54) is 0 Å². The van der Waals surface area contributed by atoms with E-state index in [-0.39, 0.29) is 29.6 Å². The molecule has 32 valence electrons. The molecule has 0 aromatic carbocycles. The summed E-state index contributed by atoms with van der Waals surface area (Å²) in [5.41, 5.74) is 0. The first-order chi connectivity index (χ1) is 2.27. The van der Waals surface area contributed by atoms with E-state index in [0.717, 1.165) is 0 Å². The fraction of sp³-hybridized carbons (Fsp3) is 0.500. The van der Waals surface area contributed by atoms with Crippen molar-refractivity contribution in [2.45, 2.75) is 0 Å². The predicted octanol–water partition coefficient (Wildman–Crippen LogP) is -1.21. The van der Waals surface area contributed by atoms with Crippen molar-refractivity contribution < 1.29 is 9.90 Å². The van der Waals surface area contributed by atoms with E-state index in [4.69, 9.17) is 5.11 Å². The first kappa shape index (κ1) is 10.1. The van der Waals surface area contributed by atoms with Gasteiger partial charge in [0, 0.05) is 0 Å². The van der Waals surface area contributed by atoms with E-state index in [1.54, 1.807) is 0 Å². The number of carbonyl (C=O) groups is 1. The average molecular weight is 116 g/mol. The Morgan fingerprint density at radius 3 is 2.00 bits per heavy atom. The molecule has 0 aromatic heterocycles. The molecule has 0 aliphatic carbocycles. The first-order valence-corrected chi connectivity index (χ1v) is 1.54. The normalized spacial score (nSPS) is 6.33. The van der Waals surface area contributed by atoms with Gasteiger partial charge in [0.2, 0.25) is 5.12 Å². The molecule has 0 aromatic rings. The molecule has 0 rings (SSSR count). The predicted molar refractivity (Wildman–Crippen MR) is 28.2 cm³/mol. The van der Waals surface area contributed by atoms with Gasteiger partial charge in [0.1, 0.15) is 6.61 Å². The second kappa shape index (κ2) is 5.98. The average Bonchev–Trinajstić information content (AvgIpc) is 1.38. The Hall–Kier alpha value is 0.980.